The van der Waals surface area contributed by atoms with Gasteiger partial charge in [-0.05, 0) is 12.5 Å². The molecule has 0 aromatic heterocycles. The number of carbonyl (C=O) groups is 1. The van der Waals surface area contributed by atoms with Gasteiger partial charge in [0.2, 0.25) is 0 Å². The maximum Gasteiger partial charge on any atom is 0.266 e. The van der Waals surface area contributed by atoms with Crippen molar-refractivity contribution >= 4 is 6.09 Å². The molecule has 2 N–H and O–H groups in total. The number of amides is 1. The quantitative estimate of drug-likeness (QED) is 0.609. The van der Waals surface area contributed by atoms with E-state index in [2.05, 4.69) is 0 Å². The van der Waals surface area contributed by atoms with Crippen molar-refractivity contribution in [3.8, 4) is 0 Å². The molecule has 0 rings (SSSR count). The molecule has 0 bridgehead atoms. The lowest BCUT2D eigenvalue weighted by molar-refractivity contribution is -0.251. The molecule has 70 valence electrons. The second kappa shape index (κ2) is 5.48. The van der Waals surface area contributed by atoms with Crippen molar-refractivity contribution in [2.75, 3.05) is 6.61 Å². The van der Waals surface area contributed by atoms with Crippen molar-refractivity contribution in [3.63, 3.8) is 0 Å². The summed E-state index contributed by atoms with van der Waals surface area (Å²) < 4.78 is 22.9. The van der Waals surface area contributed by atoms with Gasteiger partial charge in [0.25, 0.3) is 6.08 Å². The Kier molecular flexibility index (Phi) is 4.94. The zero-order valence-electron chi connectivity index (χ0n) is 6.09. The summed E-state index contributed by atoms with van der Waals surface area (Å²) in [5.41, 5.74) is 0. The maximum absolute atomic E-state index is 11.5. The van der Waals surface area contributed by atoms with Crippen molar-refractivity contribution in [2.45, 2.75) is 12.5 Å². The van der Waals surface area contributed by atoms with Crippen molar-refractivity contribution in [3.05, 3.63) is 12.2 Å². The molecular weight excluding hydrogens is 172 g/mol. The largest absolute Gasteiger partial charge is 0.530 e. The number of nitrogens with one attached hydrogen (secondary N) is 1. The van der Waals surface area contributed by atoms with Gasteiger partial charge >= 0.3 is 0 Å². The Morgan fingerprint density at radius 1 is 1.67 bits per heavy atom. The summed E-state index contributed by atoms with van der Waals surface area (Å²) in [4.78, 5) is 9.87. The van der Waals surface area contributed by atoms with Crippen LogP contribution in [0.4, 0.5) is 13.6 Å². The molecule has 0 saturated heterocycles. The molecule has 0 heterocycles. The molecule has 0 radical (unpaired) electrons. The molecule has 0 spiro atoms. The van der Waals surface area contributed by atoms with Gasteiger partial charge in [0.05, 0.1) is 12.6 Å². The molecule has 1 unspecified atom stereocenters. The van der Waals surface area contributed by atoms with Gasteiger partial charge in [-0.2, -0.15) is 8.78 Å². The van der Waals surface area contributed by atoms with Crippen LogP contribution in [0.25, 0.3) is 0 Å². The molecule has 0 aromatic carbocycles. The maximum atomic E-state index is 11.5. The van der Waals surface area contributed by atoms with Crippen LogP contribution in [0.1, 0.15) is 6.42 Å². The topological polar surface area (TPSA) is 72.4 Å². The minimum absolute atomic E-state index is 0.257. The fourth-order valence-electron chi connectivity index (χ4n) is 0.577. The molecule has 6 heteroatoms. The van der Waals surface area contributed by atoms with Crippen molar-refractivity contribution in [1.29, 1.82) is 0 Å². The monoisotopic (exact) mass is 180 g/mol. The van der Waals surface area contributed by atoms with E-state index in [4.69, 9.17) is 5.11 Å². The molecule has 0 aliphatic heterocycles. The van der Waals surface area contributed by atoms with Crippen LogP contribution >= 0.6 is 0 Å². The Hall–Kier alpha value is -1.17. The van der Waals surface area contributed by atoms with Crippen LogP contribution in [0.2, 0.25) is 0 Å². The highest BCUT2D eigenvalue weighted by molar-refractivity contribution is 5.62. The van der Waals surface area contributed by atoms with Crippen LogP contribution in [0, 0.1) is 0 Å². The second-order valence-electron chi connectivity index (χ2n) is 2.04. The van der Waals surface area contributed by atoms with Crippen LogP contribution in [0.5, 0.6) is 0 Å². The highest BCUT2D eigenvalue weighted by atomic mass is 19.3. The lowest BCUT2D eigenvalue weighted by atomic mass is 10.2. The summed E-state index contributed by atoms with van der Waals surface area (Å²) in [5, 5.41) is 20.1. The van der Waals surface area contributed by atoms with Crippen molar-refractivity contribution in [2.24, 2.45) is 0 Å². The minimum Gasteiger partial charge on any atom is -0.530 e. The molecule has 1 amide bonds. The third-order valence-corrected chi connectivity index (χ3v) is 1.10. The summed E-state index contributed by atoms with van der Waals surface area (Å²) >= 11 is 0. The number of carboxylic acid groups (broad SMARTS) is 1. The van der Waals surface area contributed by atoms with E-state index in [0.717, 1.165) is 0 Å². The predicted octanol–water partition coefficient (Wildman–Crippen LogP) is -0.549. The first-order chi connectivity index (χ1) is 5.56. The van der Waals surface area contributed by atoms with E-state index in [1.807, 2.05) is 0 Å². The third-order valence-electron chi connectivity index (χ3n) is 1.10. The molecule has 0 aliphatic rings. The Bertz CT molecular complexity index is 180. The Morgan fingerprint density at radius 3 is 2.58 bits per heavy atom. The normalized spacial score (nSPS) is 11.9. The van der Waals surface area contributed by atoms with Gasteiger partial charge in [-0.3, -0.25) is 0 Å². The van der Waals surface area contributed by atoms with Gasteiger partial charge in [-0.1, -0.05) is 0 Å². The minimum atomic E-state index is -1.91. The number of carbonyl (C=O) groups excluding carboxylic acids is 1. The number of halogens is 2. The average Bonchev–Trinajstić information content (AvgIpc) is 1.97. The van der Waals surface area contributed by atoms with Crippen LogP contribution in [0.15, 0.2) is 12.2 Å². The Labute approximate surface area is 67.5 Å². The van der Waals surface area contributed by atoms with Gasteiger partial charge < -0.3 is 20.3 Å². The third kappa shape index (κ3) is 5.60. The SMILES string of the molecule is O=C([O-])NC(CO)CC=C(F)F. The first-order valence-corrected chi connectivity index (χ1v) is 3.15. The summed E-state index contributed by atoms with van der Waals surface area (Å²) in [7, 11) is 0. The lowest BCUT2D eigenvalue weighted by Crippen LogP contribution is -2.44. The number of hydrogen-bond acceptors (Lipinski definition) is 3. The van der Waals surface area contributed by atoms with E-state index in [1.165, 1.54) is 0 Å². The number of rotatable bonds is 4. The summed E-state index contributed by atoms with van der Waals surface area (Å²) in [6, 6.07) is -0.934. The van der Waals surface area contributed by atoms with Gasteiger partial charge in [0, 0.05) is 0 Å². The summed E-state index contributed by atoms with van der Waals surface area (Å²) in [5.74, 6) is 0. The smallest absolute Gasteiger partial charge is 0.266 e. The van der Waals surface area contributed by atoms with Crippen molar-refractivity contribution < 1.29 is 23.8 Å². The van der Waals surface area contributed by atoms with Gasteiger partial charge in [-0.25, -0.2) is 0 Å². The molecule has 0 fully saturated rings. The summed E-state index contributed by atoms with van der Waals surface area (Å²) in [6.45, 7) is -0.544. The highest BCUT2D eigenvalue weighted by Crippen LogP contribution is 2.01. The van der Waals surface area contributed by atoms with Crippen LogP contribution in [-0.2, 0) is 0 Å². The van der Waals surface area contributed by atoms with Gasteiger partial charge in [-0.15, -0.1) is 0 Å². The zero-order chi connectivity index (χ0) is 9.56. The first-order valence-electron chi connectivity index (χ1n) is 3.15. The lowest BCUT2D eigenvalue weighted by Gasteiger charge is -2.15. The fourth-order valence-corrected chi connectivity index (χ4v) is 0.577. The van der Waals surface area contributed by atoms with Gasteiger partial charge in [0.1, 0.15) is 6.09 Å². The van der Waals surface area contributed by atoms with E-state index in [9.17, 15) is 18.7 Å². The predicted molar refractivity (Wildman–Crippen MR) is 34.3 cm³/mol. The Balaban J connectivity index is 3.83. The standard InChI is InChI=1S/C6H9F2NO3/c7-5(8)2-1-4(3-10)9-6(11)12/h2,4,9-10H,1,3H2,(H,11,12)/p-1. The van der Waals surface area contributed by atoms with E-state index < -0.39 is 24.8 Å². The average molecular weight is 180 g/mol. The van der Waals surface area contributed by atoms with Gasteiger partial charge in [0.15, 0.2) is 0 Å². The first kappa shape index (κ1) is 10.8. The molecule has 0 aliphatic carbocycles. The number of aliphatic hydroxyl groups excluding tert-OH is 1. The van der Waals surface area contributed by atoms with E-state index >= 15 is 0 Å². The van der Waals surface area contributed by atoms with E-state index in [1.54, 1.807) is 5.32 Å². The van der Waals surface area contributed by atoms with Crippen LogP contribution in [0.3, 0.4) is 0 Å². The summed E-state index contributed by atoms with van der Waals surface area (Å²) in [6.07, 6.45) is -3.24. The van der Waals surface area contributed by atoms with Crippen LogP contribution in [-0.4, -0.2) is 23.8 Å². The molecule has 0 saturated carbocycles. The van der Waals surface area contributed by atoms with Crippen molar-refractivity contribution in [1.82, 2.24) is 5.32 Å². The number of hydrogen-bond donors (Lipinski definition) is 2. The number of aliphatic hydroxyl groups is 1. The highest BCUT2D eigenvalue weighted by Gasteiger charge is 2.04. The van der Waals surface area contributed by atoms with E-state index in [0.29, 0.717) is 6.08 Å². The molecule has 12 heavy (non-hydrogen) atoms. The van der Waals surface area contributed by atoms with E-state index in [-0.39, 0.29) is 6.42 Å². The molecule has 0 aromatic rings. The second-order valence-corrected chi connectivity index (χ2v) is 2.04. The van der Waals surface area contributed by atoms with Crippen LogP contribution < -0.4 is 10.4 Å². The molecule has 1 atom stereocenters. The zero-order valence-corrected chi connectivity index (χ0v) is 6.09. The Morgan fingerprint density at radius 2 is 2.25 bits per heavy atom. The fraction of sp³-hybridized carbons (Fsp3) is 0.500. The molecule has 4 nitrogen and oxygen atoms in total. The molecular formula is C6H8F2NO3-.